The van der Waals surface area contributed by atoms with Gasteiger partial charge in [-0.25, -0.2) is 0 Å². The van der Waals surface area contributed by atoms with E-state index in [0.29, 0.717) is 11.5 Å². The predicted molar refractivity (Wildman–Crippen MR) is 117 cm³/mol. The molecule has 3 rings (SSSR count). The molecular formula is C24H37NO6. The normalized spacial score (nSPS) is 33.8. The van der Waals surface area contributed by atoms with Crippen LogP contribution >= 0.6 is 0 Å². The number of aliphatic hydroxyl groups is 4. The molecule has 174 valence electrons. The lowest BCUT2D eigenvalue weighted by atomic mass is 9.77. The highest BCUT2D eigenvalue weighted by Gasteiger charge is 2.44. The molecule has 1 aromatic rings. The minimum atomic E-state index is -1.52. The molecule has 0 unspecified atom stereocenters. The highest BCUT2D eigenvalue weighted by molar-refractivity contribution is 5.94. The number of aliphatic hydroxyl groups excluding tert-OH is 4. The van der Waals surface area contributed by atoms with Crippen LogP contribution in [-0.4, -0.2) is 63.6 Å². The zero-order valence-corrected chi connectivity index (χ0v) is 18.3. The van der Waals surface area contributed by atoms with E-state index in [4.69, 9.17) is 4.74 Å². The number of unbranched alkanes of at least 4 members (excludes halogenated alkanes) is 2. The first-order valence-corrected chi connectivity index (χ1v) is 11.7. The fourth-order valence-corrected chi connectivity index (χ4v) is 4.81. The van der Waals surface area contributed by atoms with Crippen molar-refractivity contribution in [1.82, 2.24) is 5.32 Å². The summed E-state index contributed by atoms with van der Waals surface area (Å²) in [6, 6.07) is 7.51. The lowest BCUT2D eigenvalue weighted by Crippen LogP contribution is -2.63. The SMILES string of the molecule is CCCCCC1CCC(c2ccc(C(=O)N[C@@H]3O[C@H](CO)[C@@H](O)[C@H](O)[C@@H]3O)cc2)CC1. The lowest BCUT2D eigenvalue weighted by Gasteiger charge is -2.40. The number of hydrogen-bond acceptors (Lipinski definition) is 6. The van der Waals surface area contributed by atoms with E-state index in [9.17, 15) is 25.2 Å². The molecule has 31 heavy (non-hydrogen) atoms. The average Bonchev–Trinajstić information content (AvgIpc) is 2.80. The predicted octanol–water partition coefficient (Wildman–Crippen LogP) is 2.07. The van der Waals surface area contributed by atoms with Gasteiger partial charge in [-0.1, -0.05) is 44.7 Å². The summed E-state index contributed by atoms with van der Waals surface area (Å²) in [5.74, 6) is 0.937. The quantitative estimate of drug-likeness (QED) is 0.399. The number of amides is 1. The number of rotatable bonds is 8. The fraction of sp³-hybridized carbons (Fsp3) is 0.708. The largest absolute Gasteiger partial charge is 0.394 e. The van der Waals surface area contributed by atoms with Crippen LogP contribution in [0.25, 0.3) is 0 Å². The first-order chi connectivity index (χ1) is 14.9. The topological polar surface area (TPSA) is 119 Å². The lowest BCUT2D eigenvalue weighted by molar-refractivity contribution is -0.233. The Labute approximate surface area is 184 Å². The number of nitrogens with one attached hydrogen (secondary N) is 1. The molecule has 2 fully saturated rings. The standard InChI is InChI=1S/C24H37NO6/c1-2-3-4-5-15-6-8-16(9-7-15)17-10-12-18(13-11-17)23(30)25-24-22(29)21(28)20(27)19(14-26)31-24/h10-13,15-16,19-22,24,26-29H,2-9,14H2,1H3,(H,25,30)/t15?,16?,19-,20-,21+,22+,24-/m1/s1. The molecule has 1 amide bonds. The van der Waals surface area contributed by atoms with Gasteiger partial charge < -0.3 is 30.5 Å². The molecule has 1 saturated carbocycles. The second-order valence-corrected chi connectivity index (χ2v) is 9.06. The molecule has 2 aliphatic rings. The van der Waals surface area contributed by atoms with E-state index >= 15 is 0 Å². The monoisotopic (exact) mass is 435 g/mol. The second-order valence-electron chi connectivity index (χ2n) is 9.06. The number of hydrogen-bond donors (Lipinski definition) is 5. The Bertz CT molecular complexity index is 686. The Morgan fingerprint density at radius 2 is 1.68 bits per heavy atom. The summed E-state index contributed by atoms with van der Waals surface area (Å²) in [6.07, 6.45) is 3.47. The highest BCUT2D eigenvalue weighted by Crippen LogP contribution is 2.37. The third-order valence-electron chi connectivity index (χ3n) is 6.87. The van der Waals surface area contributed by atoms with Gasteiger partial charge in [0.1, 0.15) is 24.4 Å². The van der Waals surface area contributed by atoms with Crippen molar-refractivity contribution in [2.24, 2.45) is 5.92 Å². The Morgan fingerprint density at radius 3 is 2.29 bits per heavy atom. The van der Waals surface area contributed by atoms with Crippen molar-refractivity contribution in [3.63, 3.8) is 0 Å². The summed E-state index contributed by atoms with van der Waals surface area (Å²) in [4.78, 5) is 12.6. The molecule has 7 heteroatoms. The van der Waals surface area contributed by atoms with Crippen LogP contribution in [0.2, 0.25) is 0 Å². The molecule has 0 aromatic heterocycles. The zero-order chi connectivity index (χ0) is 22.4. The summed E-state index contributed by atoms with van der Waals surface area (Å²) in [6.45, 7) is 1.71. The van der Waals surface area contributed by atoms with E-state index in [1.165, 1.54) is 56.9 Å². The second kappa shape index (κ2) is 11.4. The number of benzene rings is 1. The first kappa shape index (κ1) is 24.1. The number of ether oxygens (including phenoxy) is 1. The minimum absolute atomic E-state index is 0.425. The maximum absolute atomic E-state index is 12.6. The van der Waals surface area contributed by atoms with Gasteiger partial charge in [0.2, 0.25) is 0 Å². The van der Waals surface area contributed by atoms with Gasteiger partial charge in [-0.2, -0.15) is 0 Å². The van der Waals surface area contributed by atoms with Crippen molar-refractivity contribution >= 4 is 5.91 Å². The van der Waals surface area contributed by atoms with Crippen LogP contribution in [0.3, 0.4) is 0 Å². The molecule has 5 N–H and O–H groups in total. The third-order valence-corrected chi connectivity index (χ3v) is 6.87. The number of carbonyl (C=O) groups is 1. The smallest absolute Gasteiger partial charge is 0.253 e. The minimum Gasteiger partial charge on any atom is -0.394 e. The molecule has 1 aromatic carbocycles. The molecule has 0 bridgehead atoms. The summed E-state index contributed by atoms with van der Waals surface area (Å²) >= 11 is 0. The highest BCUT2D eigenvalue weighted by atomic mass is 16.6. The van der Waals surface area contributed by atoms with Crippen LogP contribution in [0.4, 0.5) is 0 Å². The molecule has 0 radical (unpaired) electrons. The van der Waals surface area contributed by atoms with Gasteiger partial charge in [0.15, 0.2) is 6.23 Å². The Morgan fingerprint density at radius 1 is 1.00 bits per heavy atom. The van der Waals surface area contributed by atoms with Crippen LogP contribution in [0, 0.1) is 5.92 Å². The number of carbonyl (C=O) groups excluding carboxylic acids is 1. The molecule has 1 heterocycles. The third kappa shape index (κ3) is 6.05. The van der Waals surface area contributed by atoms with E-state index in [2.05, 4.69) is 12.2 Å². The van der Waals surface area contributed by atoms with Crippen LogP contribution in [0.15, 0.2) is 24.3 Å². The first-order valence-electron chi connectivity index (χ1n) is 11.7. The van der Waals surface area contributed by atoms with Gasteiger partial charge in [0, 0.05) is 5.56 Å². The molecule has 5 atom stereocenters. The Balaban J connectivity index is 1.52. The van der Waals surface area contributed by atoms with E-state index in [1.807, 2.05) is 12.1 Å². The molecule has 1 aliphatic heterocycles. The van der Waals surface area contributed by atoms with Crippen molar-refractivity contribution in [2.45, 2.75) is 94.9 Å². The summed E-state index contributed by atoms with van der Waals surface area (Å²) < 4.78 is 5.34. The Hall–Kier alpha value is -1.51. The zero-order valence-electron chi connectivity index (χ0n) is 18.3. The van der Waals surface area contributed by atoms with Crippen molar-refractivity contribution in [2.75, 3.05) is 6.61 Å². The summed E-state index contributed by atoms with van der Waals surface area (Å²) in [5.41, 5.74) is 1.67. The van der Waals surface area contributed by atoms with E-state index in [0.717, 1.165) is 5.92 Å². The Kier molecular flexibility index (Phi) is 8.86. The van der Waals surface area contributed by atoms with E-state index in [1.54, 1.807) is 12.1 Å². The van der Waals surface area contributed by atoms with Gasteiger partial charge in [-0.15, -0.1) is 0 Å². The maximum Gasteiger partial charge on any atom is 0.253 e. The molecular weight excluding hydrogens is 398 g/mol. The molecule has 1 saturated heterocycles. The van der Waals surface area contributed by atoms with Gasteiger partial charge in [0.05, 0.1) is 6.61 Å². The maximum atomic E-state index is 12.6. The van der Waals surface area contributed by atoms with Crippen LogP contribution in [0.5, 0.6) is 0 Å². The van der Waals surface area contributed by atoms with Gasteiger partial charge in [0.25, 0.3) is 5.91 Å². The van der Waals surface area contributed by atoms with Crippen LogP contribution in [0.1, 0.15) is 80.1 Å². The summed E-state index contributed by atoms with van der Waals surface area (Å²) in [7, 11) is 0. The van der Waals surface area contributed by atoms with Gasteiger partial charge in [-0.3, -0.25) is 4.79 Å². The van der Waals surface area contributed by atoms with Gasteiger partial charge >= 0.3 is 0 Å². The summed E-state index contributed by atoms with van der Waals surface area (Å²) in [5, 5.41) is 41.6. The van der Waals surface area contributed by atoms with Crippen molar-refractivity contribution in [3.05, 3.63) is 35.4 Å². The van der Waals surface area contributed by atoms with Crippen molar-refractivity contribution in [1.29, 1.82) is 0 Å². The van der Waals surface area contributed by atoms with Gasteiger partial charge in [-0.05, 0) is 55.2 Å². The van der Waals surface area contributed by atoms with Crippen molar-refractivity contribution in [3.8, 4) is 0 Å². The average molecular weight is 436 g/mol. The molecule has 1 aliphatic carbocycles. The molecule has 0 spiro atoms. The van der Waals surface area contributed by atoms with E-state index in [-0.39, 0.29) is 0 Å². The van der Waals surface area contributed by atoms with Crippen molar-refractivity contribution < 1.29 is 30.0 Å². The van der Waals surface area contributed by atoms with E-state index < -0.39 is 43.2 Å². The fourth-order valence-electron chi connectivity index (χ4n) is 4.81. The van der Waals surface area contributed by atoms with Crippen LogP contribution < -0.4 is 5.32 Å². The van der Waals surface area contributed by atoms with Crippen LogP contribution in [-0.2, 0) is 4.74 Å². The molecule has 7 nitrogen and oxygen atoms in total.